The molecule has 1 amide bonds. The van der Waals surface area contributed by atoms with Gasteiger partial charge < -0.3 is 20.3 Å². The molecule has 0 unspecified atom stereocenters. The third-order valence-electron chi connectivity index (χ3n) is 4.34. The van der Waals surface area contributed by atoms with Gasteiger partial charge in [0, 0.05) is 17.8 Å². The van der Waals surface area contributed by atoms with Gasteiger partial charge in [0.15, 0.2) is 0 Å². The minimum Gasteiger partial charge on any atom is -0.508 e. The summed E-state index contributed by atoms with van der Waals surface area (Å²) < 4.78 is 5.06. The lowest BCUT2D eigenvalue weighted by molar-refractivity contribution is 0.0234. The van der Waals surface area contributed by atoms with Gasteiger partial charge in [0.25, 0.3) is 5.91 Å². The number of carbonyl (C=O) groups is 1. The van der Waals surface area contributed by atoms with Gasteiger partial charge in [0.1, 0.15) is 5.75 Å². The van der Waals surface area contributed by atoms with E-state index in [2.05, 4.69) is 10.3 Å². The average Bonchev–Trinajstić information content (AvgIpc) is 2.57. The van der Waals surface area contributed by atoms with Gasteiger partial charge in [-0.15, -0.1) is 0 Å². The van der Waals surface area contributed by atoms with Crippen LogP contribution in [0.2, 0.25) is 0 Å². The van der Waals surface area contributed by atoms with E-state index in [1.165, 1.54) is 12.1 Å². The number of amides is 1. The molecule has 3 rings (SSSR count). The van der Waals surface area contributed by atoms with E-state index in [4.69, 9.17) is 4.74 Å². The number of aromatic nitrogens is 1. The lowest BCUT2D eigenvalue weighted by atomic mass is 9.75. The number of nitrogens with one attached hydrogen (secondary N) is 1. The van der Waals surface area contributed by atoms with Gasteiger partial charge in [0.05, 0.1) is 19.3 Å². The molecule has 3 N–H and O–H groups in total. The van der Waals surface area contributed by atoms with Crippen molar-refractivity contribution in [1.29, 1.82) is 0 Å². The summed E-state index contributed by atoms with van der Waals surface area (Å²) in [5, 5.41) is 22.1. The highest BCUT2D eigenvalue weighted by atomic mass is 16.5. The van der Waals surface area contributed by atoms with E-state index in [1.807, 2.05) is 6.07 Å². The van der Waals surface area contributed by atoms with Crippen molar-refractivity contribution in [3.05, 3.63) is 53.7 Å². The molecule has 24 heavy (non-hydrogen) atoms. The molecule has 1 aliphatic carbocycles. The summed E-state index contributed by atoms with van der Waals surface area (Å²) in [5.74, 6) is 0.430. The average molecular weight is 328 g/mol. The molecule has 0 saturated heterocycles. The van der Waals surface area contributed by atoms with Crippen LogP contribution in [0.1, 0.15) is 34.8 Å². The number of hydrogen-bond acceptors (Lipinski definition) is 5. The summed E-state index contributed by atoms with van der Waals surface area (Å²) in [6.07, 6.45) is 2.63. The van der Waals surface area contributed by atoms with Crippen LogP contribution in [-0.4, -0.2) is 34.3 Å². The van der Waals surface area contributed by atoms with Gasteiger partial charge >= 0.3 is 0 Å². The molecular weight excluding hydrogens is 308 g/mol. The Kier molecular flexibility index (Phi) is 4.66. The fraction of sp³-hybridized carbons (Fsp3) is 0.333. The largest absolute Gasteiger partial charge is 0.508 e. The maximum absolute atomic E-state index is 12.5. The first-order valence-corrected chi connectivity index (χ1v) is 7.84. The molecule has 0 bridgehead atoms. The molecule has 1 aromatic carbocycles. The van der Waals surface area contributed by atoms with Crippen LogP contribution in [0.3, 0.4) is 0 Å². The summed E-state index contributed by atoms with van der Waals surface area (Å²) >= 11 is 0. The normalized spacial score (nSPS) is 20.8. The Bertz CT molecular complexity index is 711. The minimum atomic E-state index is -0.318. The van der Waals surface area contributed by atoms with Crippen LogP contribution in [0.25, 0.3) is 0 Å². The van der Waals surface area contributed by atoms with Gasteiger partial charge in [-0.1, -0.05) is 12.1 Å². The third kappa shape index (κ3) is 3.49. The minimum absolute atomic E-state index is 0.0457. The van der Waals surface area contributed by atoms with E-state index < -0.39 is 0 Å². The van der Waals surface area contributed by atoms with Crippen LogP contribution >= 0.6 is 0 Å². The highest BCUT2D eigenvalue weighted by Gasteiger charge is 2.36. The zero-order chi connectivity index (χ0) is 17.1. The molecule has 0 spiro atoms. The Morgan fingerprint density at radius 3 is 2.71 bits per heavy atom. The van der Waals surface area contributed by atoms with Crippen molar-refractivity contribution >= 4 is 5.91 Å². The van der Waals surface area contributed by atoms with E-state index in [9.17, 15) is 15.0 Å². The van der Waals surface area contributed by atoms with Crippen LogP contribution in [0.15, 0.2) is 42.6 Å². The number of phenolic OH excluding ortho intramolecular Hbond substituents is 1. The predicted molar refractivity (Wildman–Crippen MR) is 87.8 cm³/mol. The van der Waals surface area contributed by atoms with E-state index in [0.29, 0.717) is 24.3 Å². The number of aliphatic hydroxyl groups is 1. The summed E-state index contributed by atoms with van der Waals surface area (Å²) in [6, 6.07) is 9.58. The number of carbonyl (C=O) groups excluding carboxylic acids is 1. The maximum Gasteiger partial charge on any atom is 0.251 e. The lowest BCUT2D eigenvalue weighted by Crippen LogP contribution is -2.41. The number of hydrogen-bond donors (Lipinski definition) is 3. The Balaban J connectivity index is 1.80. The van der Waals surface area contributed by atoms with Crippen LogP contribution < -0.4 is 10.1 Å². The van der Waals surface area contributed by atoms with E-state index in [-0.39, 0.29) is 29.7 Å². The van der Waals surface area contributed by atoms with Gasteiger partial charge in [-0.3, -0.25) is 4.79 Å². The molecule has 0 radical (unpaired) electrons. The molecule has 1 saturated carbocycles. The second-order valence-electron chi connectivity index (χ2n) is 6.02. The van der Waals surface area contributed by atoms with Crippen molar-refractivity contribution in [1.82, 2.24) is 10.3 Å². The number of phenols is 1. The van der Waals surface area contributed by atoms with Gasteiger partial charge in [0.2, 0.25) is 5.88 Å². The highest BCUT2D eigenvalue weighted by molar-refractivity contribution is 5.94. The van der Waals surface area contributed by atoms with Crippen LogP contribution in [-0.2, 0) is 0 Å². The Hall–Kier alpha value is -2.60. The Labute approximate surface area is 140 Å². The number of ether oxygens (including phenoxy) is 1. The van der Waals surface area contributed by atoms with Crippen molar-refractivity contribution in [2.24, 2.45) is 5.92 Å². The quantitative estimate of drug-likeness (QED) is 0.781. The molecule has 1 aromatic heterocycles. The topological polar surface area (TPSA) is 91.7 Å². The molecular formula is C18H20N2O4. The van der Waals surface area contributed by atoms with Crippen LogP contribution in [0, 0.1) is 5.92 Å². The molecule has 2 aromatic rings. The van der Waals surface area contributed by atoms with Gasteiger partial charge in [-0.05, 0) is 42.5 Å². The first-order chi connectivity index (χ1) is 11.6. The summed E-state index contributed by atoms with van der Waals surface area (Å²) in [4.78, 5) is 16.7. The van der Waals surface area contributed by atoms with Crippen molar-refractivity contribution in [2.45, 2.75) is 25.0 Å². The number of nitrogens with zero attached hydrogens (tertiary/aromatic N) is 1. The molecule has 1 atom stereocenters. The second-order valence-corrected chi connectivity index (χ2v) is 6.02. The smallest absolute Gasteiger partial charge is 0.251 e. The lowest BCUT2D eigenvalue weighted by Gasteiger charge is -2.38. The predicted octanol–water partition coefficient (Wildman–Crippen LogP) is 2.04. The SMILES string of the molecule is COc1ccc([C@H](NC(=O)c2cccc(O)c2)C2CC(O)C2)cn1. The zero-order valence-electron chi connectivity index (χ0n) is 13.3. The molecule has 1 heterocycles. The maximum atomic E-state index is 12.5. The van der Waals surface area contributed by atoms with Crippen LogP contribution in [0.5, 0.6) is 11.6 Å². The van der Waals surface area contributed by atoms with Crippen LogP contribution in [0.4, 0.5) is 0 Å². The van der Waals surface area contributed by atoms with Crippen molar-refractivity contribution in [3.8, 4) is 11.6 Å². The molecule has 1 fully saturated rings. The van der Waals surface area contributed by atoms with E-state index in [1.54, 1.807) is 31.5 Å². The summed E-state index contributed by atoms with van der Waals surface area (Å²) in [6.45, 7) is 0. The molecule has 6 heteroatoms. The van der Waals surface area contributed by atoms with E-state index >= 15 is 0 Å². The molecule has 1 aliphatic rings. The molecule has 6 nitrogen and oxygen atoms in total. The van der Waals surface area contributed by atoms with Crippen molar-refractivity contribution in [3.63, 3.8) is 0 Å². The third-order valence-corrected chi connectivity index (χ3v) is 4.34. The van der Waals surface area contributed by atoms with Gasteiger partial charge in [-0.25, -0.2) is 4.98 Å². The highest BCUT2D eigenvalue weighted by Crippen LogP contribution is 2.38. The fourth-order valence-corrected chi connectivity index (χ4v) is 2.94. The monoisotopic (exact) mass is 328 g/mol. The molecule has 126 valence electrons. The number of aromatic hydroxyl groups is 1. The number of pyridine rings is 1. The number of benzene rings is 1. The van der Waals surface area contributed by atoms with E-state index in [0.717, 1.165) is 5.56 Å². The van der Waals surface area contributed by atoms with Crippen molar-refractivity contribution < 1.29 is 19.7 Å². The number of methoxy groups -OCH3 is 1. The fourth-order valence-electron chi connectivity index (χ4n) is 2.94. The molecule has 0 aliphatic heterocycles. The Morgan fingerprint density at radius 2 is 2.12 bits per heavy atom. The van der Waals surface area contributed by atoms with Crippen molar-refractivity contribution in [2.75, 3.05) is 7.11 Å². The second kappa shape index (κ2) is 6.88. The summed E-state index contributed by atoms with van der Waals surface area (Å²) in [7, 11) is 1.55. The number of rotatable bonds is 5. The zero-order valence-corrected chi connectivity index (χ0v) is 13.3. The first kappa shape index (κ1) is 16.3. The standard InChI is InChI=1S/C18H20N2O4/c1-24-16-6-5-12(10-19-16)17(13-8-15(22)9-13)20-18(23)11-3-2-4-14(21)7-11/h2-7,10,13,15,17,21-22H,8-9H2,1H3,(H,20,23)/t13?,15?,17-/m0/s1. The summed E-state index contributed by atoms with van der Waals surface area (Å²) in [5.41, 5.74) is 1.25. The number of aliphatic hydroxyl groups excluding tert-OH is 1. The first-order valence-electron chi connectivity index (χ1n) is 7.84. The Morgan fingerprint density at radius 1 is 1.33 bits per heavy atom. The van der Waals surface area contributed by atoms with Gasteiger partial charge in [-0.2, -0.15) is 0 Å².